The molecule has 1 atom stereocenters. The number of rotatable bonds is 1. The number of nitrogens with two attached hydrogens (primary N) is 1. The van der Waals surface area contributed by atoms with Crippen molar-refractivity contribution in [2.24, 2.45) is 11.7 Å². The zero-order chi connectivity index (χ0) is 11.0. The number of allylic oxidation sites excluding steroid dienone is 1. The zero-order valence-corrected chi connectivity index (χ0v) is 10.3. The number of thiophene rings is 1. The second-order valence-electron chi connectivity index (χ2n) is 4.20. The first kappa shape index (κ1) is 10.5. The predicted molar refractivity (Wildman–Crippen MR) is 68.9 cm³/mol. The van der Waals surface area contributed by atoms with Crippen molar-refractivity contribution >= 4 is 29.2 Å². The van der Waals surface area contributed by atoms with E-state index < -0.39 is 0 Å². The summed E-state index contributed by atoms with van der Waals surface area (Å²) in [6.45, 7) is 6.44. The summed E-state index contributed by atoms with van der Waals surface area (Å²) in [6.07, 6.45) is 7.60. The lowest BCUT2D eigenvalue weighted by Crippen LogP contribution is -2.32. The molecule has 0 spiro atoms. The van der Waals surface area contributed by atoms with Gasteiger partial charge in [-0.15, -0.1) is 11.3 Å². The third-order valence-corrected chi connectivity index (χ3v) is 4.05. The predicted octanol–water partition coefficient (Wildman–Crippen LogP) is 1.98. The zero-order valence-electron chi connectivity index (χ0n) is 9.50. The van der Waals surface area contributed by atoms with Crippen LogP contribution in [-0.4, -0.2) is 0 Å². The average Bonchev–Trinajstić information content (AvgIpc) is 2.43. The standard InChI is InChI=1S/C13H17NS/c1-4-5-11-9(3)13-10(14)6-8(2)7-12(13)15-11/h4-5,7-8H,6,14H2,1-3H3/b5-4-. The number of hydrogen-bond donors (Lipinski definition) is 1. The van der Waals surface area contributed by atoms with Crippen molar-refractivity contribution < 1.29 is 0 Å². The lowest BCUT2D eigenvalue weighted by molar-refractivity contribution is 0.779. The van der Waals surface area contributed by atoms with Gasteiger partial charge in [0.1, 0.15) is 0 Å². The molecule has 0 fully saturated rings. The fraction of sp³-hybridized carbons (Fsp3) is 0.385. The third kappa shape index (κ3) is 1.74. The fourth-order valence-corrected chi connectivity index (χ4v) is 3.53. The molecule has 0 saturated heterocycles. The maximum Gasteiger partial charge on any atom is 0.0332 e. The summed E-state index contributed by atoms with van der Waals surface area (Å²) < 4.78 is 1.36. The summed E-state index contributed by atoms with van der Waals surface area (Å²) in [5.41, 5.74) is 8.53. The molecule has 0 aromatic carbocycles. The van der Waals surface area contributed by atoms with E-state index in [1.54, 1.807) is 0 Å². The summed E-state index contributed by atoms with van der Waals surface area (Å²) in [7, 11) is 0. The van der Waals surface area contributed by atoms with Crippen LogP contribution in [0.4, 0.5) is 0 Å². The van der Waals surface area contributed by atoms with E-state index in [-0.39, 0.29) is 0 Å². The minimum atomic E-state index is 0.578. The van der Waals surface area contributed by atoms with Gasteiger partial charge in [-0.3, -0.25) is 0 Å². The normalized spacial score (nSPS) is 20.5. The van der Waals surface area contributed by atoms with Gasteiger partial charge in [0.25, 0.3) is 0 Å². The second-order valence-corrected chi connectivity index (χ2v) is 5.29. The molecule has 15 heavy (non-hydrogen) atoms. The van der Waals surface area contributed by atoms with Crippen LogP contribution < -0.4 is 15.5 Å². The summed E-state index contributed by atoms with van der Waals surface area (Å²) in [4.78, 5) is 1.34. The number of fused-ring (bicyclic) bond motifs is 1. The highest BCUT2D eigenvalue weighted by molar-refractivity contribution is 7.11. The minimum Gasteiger partial charge on any atom is -0.401 e. The van der Waals surface area contributed by atoms with Crippen LogP contribution in [0, 0.1) is 12.8 Å². The van der Waals surface area contributed by atoms with Gasteiger partial charge >= 0.3 is 0 Å². The smallest absolute Gasteiger partial charge is 0.0332 e. The van der Waals surface area contributed by atoms with Crippen molar-refractivity contribution in [1.82, 2.24) is 0 Å². The van der Waals surface area contributed by atoms with Crippen LogP contribution in [-0.2, 0) is 0 Å². The minimum absolute atomic E-state index is 0.578. The first-order chi connectivity index (χ1) is 7.13. The second kappa shape index (κ2) is 3.86. The highest BCUT2D eigenvalue weighted by Gasteiger charge is 2.12. The molecule has 1 heterocycles. The Balaban J connectivity index is 2.78. The van der Waals surface area contributed by atoms with Gasteiger partial charge in [-0.2, -0.15) is 0 Å². The Labute approximate surface area is 94.6 Å². The van der Waals surface area contributed by atoms with E-state index in [4.69, 9.17) is 5.73 Å². The molecule has 0 aliphatic heterocycles. The van der Waals surface area contributed by atoms with Gasteiger partial charge in [-0.1, -0.05) is 19.1 Å². The molecule has 1 aromatic heterocycles. The van der Waals surface area contributed by atoms with E-state index in [1.165, 1.54) is 20.2 Å². The largest absolute Gasteiger partial charge is 0.401 e. The molecule has 2 heteroatoms. The van der Waals surface area contributed by atoms with Crippen LogP contribution >= 0.6 is 11.3 Å². The summed E-state index contributed by atoms with van der Waals surface area (Å²) in [5.74, 6) is 0.578. The van der Waals surface area contributed by atoms with Gasteiger partial charge in [-0.05, 0) is 37.8 Å². The lowest BCUT2D eigenvalue weighted by Gasteiger charge is -2.10. The highest BCUT2D eigenvalue weighted by Crippen LogP contribution is 2.16. The topological polar surface area (TPSA) is 26.0 Å². The lowest BCUT2D eigenvalue weighted by atomic mass is 9.98. The molecule has 0 saturated carbocycles. The van der Waals surface area contributed by atoms with Crippen LogP contribution in [0.15, 0.2) is 6.08 Å². The fourth-order valence-electron chi connectivity index (χ4n) is 2.15. The summed E-state index contributed by atoms with van der Waals surface area (Å²) in [6, 6.07) is 0. The average molecular weight is 219 g/mol. The maximum absolute atomic E-state index is 6.13. The van der Waals surface area contributed by atoms with Crippen LogP contribution in [0.3, 0.4) is 0 Å². The van der Waals surface area contributed by atoms with Gasteiger partial charge < -0.3 is 5.73 Å². The quantitative estimate of drug-likeness (QED) is 0.768. The Kier molecular flexibility index (Phi) is 2.70. The molecule has 1 aliphatic rings. The Bertz CT molecular complexity index is 519. The molecule has 1 unspecified atom stereocenters. The van der Waals surface area contributed by atoms with E-state index in [1.807, 2.05) is 11.3 Å². The third-order valence-electron chi connectivity index (χ3n) is 2.83. The van der Waals surface area contributed by atoms with Crippen LogP contribution in [0.25, 0.3) is 17.8 Å². The Hall–Kier alpha value is -1.02. The molecule has 0 amide bonds. The molecule has 2 rings (SSSR count). The molecule has 1 aliphatic carbocycles. The van der Waals surface area contributed by atoms with E-state index in [2.05, 4.69) is 39.0 Å². The molecular formula is C13H17NS. The van der Waals surface area contributed by atoms with Crippen molar-refractivity contribution in [3.63, 3.8) is 0 Å². The summed E-state index contributed by atoms with van der Waals surface area (Å²) >= 11 is 1.85. The van der Waals surface area contributed by atoms with Crippen molar-refractivity contribution in [3.05, 3.63) is 26.3 Å². The Morgan fingerprint density at radius 3 is 2.93 bits per heavy atom. The van der Waals surface area contributed by atoms with Crippen LogP contribution in [0.5, 0.6) is 0 Å². The molecular weight excluding hydrogens is 202 g/mol. The Morgan fingerprint density at radius 2 is 2.27 bits per heavy atom. The number of hydrogen-bond acceptors (Lipinski definition) is 2. The van der Waals surface area contributed by atoms with Gasteiger partial charge in [-0.25, -0.2) is 0 Å². The van der Waals surface area contributed by atoms with E-state index in [9.17, 15) is 0 Å². The van der Waals surface area contributed by atoms with Crippen molar-refractivity contribution in [3.8, 4) is 0 Å². The van der Waals surface area contributed by atoms with Gasteiger partial charge in [0, 0.05) is 20.3 Å². The first-order valence-corrected chi connectivity index (χ1v) is 6.17. The van der Waals surface area contributed by atoms with E-state index in [0.29, 0.717) is 5.92 Å². The maximum atomic E-state index is 6.13. The summed E-state index contributed by atoms with van der Waals surface area (Å²) in [5, 5.41) is 1.30. The SMILES string of the molecule is C/C=C\c1sc2c(c1C)=C(N)CC(C)C=2. The van der Waals surface area contributed by atoms with Gasteiger partial charge in [0.15, 0.2) is 0 Å². The first-order valence-electron chi connectivity index (χ1n) is 5.36. The van der Waals surface area contributed by atoms with Crippen molar-refractivity contribution in [2.75, 3.05) is 0 Å². The van der Waals surface area contributed by atoms with Gasteiger partial charge in [0.05, 0.1) is 0 Å². The molecule has 2 N–H and O–H groups in total. The molecule has 1 aromatic rings. The van der Waals surface area contributed by atoms with Crippen LogP contribution in [0.2, 0.25) is 0 Å². The Morgan fingerprint density at radius 1 is 1.53 bits per heavy atom. The van der Waals surface area contributed by atoms with E-state index in [0.717, 1.165) is 12.1 Å². The van der Waals surface area contributed by atoms with Gasteiger partial charge in [0.2, 0.25) is 0 Å². The molecule has 1 nitrogen and oxygen atoms in total. The van der Waals surface area contributed by atoms with Crippen molar-refractivity contribution in [1.29, 1.82) is 0 Å². The highest BCUT2D eigenvalue weighted by atomic mass is 32.1. The van der Waals surface area contributed by atoms with Crippen molar-refractivity contribution in [2.45, 2.75) is 27.2 Å². The van der Waals surface area contributed by atoms with E-state index >= 15 is 0 Å². The monoisotopic (exact) mass is 219 g/mol. The molecule has 80 valence electrons. The molecule has 0 bridgehead atoms. The molecule has 0 radical (unpaired) electrons. The van der Waals surface area contributed by atoms with Crippen LogP contribution in [0.1, 0.15) is 30.7 Å².